The highest BCUT2D eigenvalue weighted by atomic mass is 32.2. The number of aliphatic hydroxyl groups excluding tert-OH is 1. The van der Waals surface area contributed by atoms with Crippen molar-refractivity contribution in [2.45, 2.75) is 32.7 Å². The van der Waals surface area contributed by atoms with Crippen molar-refractivity contribution in [3.8, 4) is 0 Å². The molecule has 0 spiro atoms. The summed E-state index contributed by atoms with van der Waals surface area (Å²) in [6, 6.07) is 0. The van der Waals surface area contributed by atoms with Crippen molar-refractivity contribution in [2.75, 3.05) is 18.1 Å². The van der Waals surface area contributed by atoms with E-state index in [4.69, 9.17) is 5.11 Å². The predicted molar refractivity (Wildman–Crippen MR) is 63.0 cm³/mol. The molecule has 0 aliphatic carbocycles. The van der Waals surface area contributed by atoms with Crippen molar-refractivity contribution in [3.05, 3.63) is 11.9 Å². The molecule has 0 bridgehead atoms. The summed E-state index contributed by atoms with van der Waals surface area (Å²) in [6.45, 7) is 3.34. The topological polar surface area (TPSA) is 50.9 Å². The summed E-state index contributed by atoms with van der Waals surface area (Å²) < 4.78 is 1.89. The largest absolute Gasteiger partial charge is 0.396 e. The van der Waals surface area contributed by atoms with Crippen LogP contribution in [0.5, 0.6) is 0 Å². The number of aromatic nitrogens is 3. The van der Waals surface area contributed by atoms with Gasteiger partial charge in [0.25, 0.3) is 0 Å². The molecule has 0 aromatic carbocycles. The molecule has 15 heavy (non-hydrogen) atoms. The average molecular weight is 229 g/mol. The van der Waals surface area contributed by atoms with Crippen LogP contribution in [0.2, 0.25) is 0 Å². The van der Waals surface area contributed by atoms with E-state index >= 15 is 0 Å². The third kappa shape index (κ3) is 5.18. The van der Waals surface area contributed by atoms with Crippen molar-refractivity contribution in [2.24, 2.45) is 0 Å². The molecule has 0 saturated carbocycles. The molecule has 0 unspecified atom stereocenters. The summed E-state index contributed by atoms with van der Waals surface area (Å²) in [5, 5.41) is 16.8. The lowest BCUT2D eigenvalue weighted by molar-refractivity contribution is 0.288. The van der Waals surface area contributed by atoms with Crippen LogP contribution < -0.4 is 0 Å². The van der Waals surface area contributed by atoms with Gasteiger partial charge in [-0.3, -0.25) is 4.68 Å². The van der Waals surface area contributed by atoms with Crippen molar-refractivity contribution < 1.29 is 5.11 Å². The molecule has 1 rings (SSSR count). The Morgan fingerprint density at radius 1 is 1.47 bits per heavy atom. The smallest absolute Gasteiger partial charge is 0.0828 e. The monoisotopic (exact) mass is 229 g/mol. The molecule has 0 atom stereocenters. The summed E-state index contributed by atoms with van der Waals surface area (Å²) in [6.07, 6.45) is 4.71. The van der Waals surface area contributed by atoms with E-state index in [1.165, 1.54) is 11.5 Å². The Kier molecular flexibility index (Phi) is 6.43. The second-order valence-electron chi connectivity index (χ2n) is 3.35. The van der Waals surface area contributed by atoms with Crippen LogP contribution in [0.4, 0.5) is 0 Å². The Morgan fingerprint density at radius 2 is 2.33 bits per heavy atom. The second-order valence-corrected chi connectivity index (χ2v) is 4.74. The molecule has 0 saturated heterocycles. The van der Waals surface area contributed by atoms with Crippen LogP contribution in [-0.2, 0) is 13.0 Å². The minimum absolute atomic E-state index is 0.222. The summed E-state index contributed by atoms with van der Waals surface area (Å²) in [7, 11) is 0. The number of thioether (sulfide) groups is 1. The van der Waals surface area contributed by atoms with Gasteiger partial charge in [0.15, 0.2) is 0 Å². The Labute approximate surface area is 95.1 Å². The molecule has 1 aromatic rings. The quantitative estimate of drug-likeness (QED) is 0.684. The van der Waals surface area contributed by atoms with Gasteiger partial charge >= 0.3 is 0 Å². The number of hydrogen-bond acceptors (Lipinski definition) is 4. The maximum Gasteiger partial charge on any atom is 0.0828 e. The molecule has 0 aliphatic rings. The third-order valence-electron chi connectivity index (χ3n) is 2.06. The number of hydrogen-bond donors (Lipinski definition) is 1. The molecule has 0 radical (unpaired) electrons. The first-order valence-electron chi connectivity index (χ1n) is 5.44. The average Bonchev–Trinajstić information content (AvgIpc) is 2.69. The van der Waals surface area contributed by atoms with E-state index in [0.717, 1.165) is 31.5 Å². The summed E-state index contributed by atoms with van der Waals surface area (Å²) in [5.41, 5.74) is 0.979. The van der Waals surface area contributed by atoms with E-state index in [9.17, 15) is 0 Å². The Hall–Kier alpha value is -0.550. The Balaban J connectivity index is 2.20. The molecule has 1 heterocycles. The maximum atomic E-state index is 8.68. The zero-order chi connectivity index (χ0) is 10.9. The number of aliphatic hydroxyl groups is 1. The van der Waals surface area contributed by atoms with Gasteiger partial charge in [0, 0.05) is 19.3 Å². The van der Waals surface area contributed by atoms with Gasteiger partial charge in [-0.2, -0.15) is 11.8 Å². The molecule has 1 aromatic heterocycles. The first-order valence-corrected chi connectivity index (χ1v) is 6.60. The standard InChI is InChI=1S/C10H19N3OS/c1-2-15-8-4-6-13-9-10(11-12-13)5-3-7-14/h9,14H,2-8H2,1H3. The van der Waals surface area contributed by atoms with Crippen LogP contribution in [0.15, 0.2) is 6.20 Å². The van der Waals surface area contributed by atoms with Gasteiger partial charge < -0.3 is 5.11 Å². The predicted octanol–water partition coefficient (Wildman–Crippen LogP) is 1.35. The Morgan fingerprint density at radius 3 is 3.07 bits per heavy atom. The first-order chi connectivity index (χ1) is 7.36. The number of nitrogens with zero attached hydrogens (tertiary/aromatic N) is 3. The zero-order valence-corrected chi connectivity index (χ0v) is 10.0. The van der Waals surface area contributed by atoms with Crippen molar-refractivity contribution in [1.82, 2.24) is 15.0 Å². The molecule has 1 N–H and O–H groups in total. The zero-order valence-electron chi connectivity index (χ0n) is 9.22. The van der Waals surface area contributed by atoms with Gasteiger partial charge in [0.2, 0.25) is 0 Å². The summed E-state index contributed by atoms with van der Waals surface area (Å²) >= 11 is 1.95. The van der Waals surface area contributed by atoms with Crippen molar-refractivity contribution >= 4 is 11.8 Å². The molecular weight excluding hydrogens is 210 g/mol. The normalized spacial score (nSPS) is 10.8. The van der Waals surface area contributed by atoms with E-state index in [1.54, 1.807) is 0 Å². The van der Waals surface area contributed by atoms with Crippen LogP contribution in [-0.4, -0.2) is 38.2 Å². The molecule has 5 heteroatoms. The van der Waals surface area contributed by atoms with Gasteiger partial charge in [0.05, 0.1) is 5.69 Å². The highest BCUT2D eigenvalue weighted by Gasteiger charge is 1.99. The molecule has 4 nitrogen and oxygen atoms in total. The van der Waals surface area contributed by atoms with E-state index in [0.29, 0.717) is 0 Å². The van der Waals surface area contributed by atoms with Gasteiger partial charge in [-0.25, -0.2) is 0 Å². The van der Waals surface area contributed by atoms with Gasteiger partial charge in [-0.15, -0.1) is 5.10 Å². The van der Waals surface area contributed by atoms with Crippen LogP contribution >= 0.6 is 11.8 Å². The van der Waals surface area contributed by atoms with Crippen LogP contribution in [0.25, 0.3) is 0 Å². The lowest BCUT2D eigenvalue weighted by atomic mass is 10.3. The van der Waals surface area contributed by atoms with Crippen LogP contribution in [0.3, 0.4) is 0 Å². The lowest BCUT2D eigenvalue weighted by Gasteiger charge is -1.98. The summed E-state index contributed by atoms with van der Waals surface area (Å²) in [5.74, 6) is 2.36. The Bertz CT molecular complexity index is 265. The molecule has 86 valence electrons. The first kappa shape index (κ1) is 12.5. The number of rotatable bonds is 8. The van der Waals surface area contributed by atoms with E-state index < -0.39 is 0 Å². The lowest BCUT2D eigenvalue weighted by Crippen LogP contribution is -1.99. The van der Waals surface area contributed by atoms with Crippen LogP contribution in [0, 0.1) is 0 Å². The van der Waals surface area contributed by atoms with Gasteiger partial charge in [-0.1, -0.05) is 12.1 Å². The fourth-order valence-corrected chi connectivity index (χ4v) is 1.92. The highest BCUT2D eigenvalue weighted by Crippen LogP contribution is 2.03. The fourth-order valence-electron chi connectivity index (χ4n) is 1.30. The van der Waals surface area contributed by atoms with Crippen molar-refractivity contribution in [3.63, 3.8) is 0 Å². The minimum Gasteiger partial charge on any atom is -0.396 e. The van der Waals surface area contributed by atoms with Crippen molar-refractivity contribution in [1.29, 1.82) is 0 Å². The van der Waals surface area contributed by atoms with Crippen LogP contribution in [0.1, 0.15) is 25.5 Å². The van der Waals surface area contributed by atoms with Gasteiger partial charge in [0.1, 0.15) is 0 Å². The highest BCUT2D eigenvalue weighted by molar-refractivity contribution is 7.99. The third-order valence-corrected chi connectivity index (χ3v) is 3.04. The second kappa shape index (κ2) is 7.70. The minimum atomic E-state index is 0.222. The van der Waals surface area contributed by atoms with E-state index in [1.807, 2.05) is 22.6 Å². The molecular formula is C10H19N3OS. The van der Waals surface area contributed by atoms with E-state index in [-0.39, 0.29) is 6.61 Å². The molecule has 0 fully saturated rings. The molecule has 0 amide bonds. The fraction of sp³-hybridized carbons (Fsp3) is 0.800. The van der Waals surface area contributed by atoms with E-state index in [2.05, 4.69) is 17.2 Å². The van der Waals surface area contributed by atoms with Gasteiger partial charge in [-0.05, 0) is 30.8 Å². The SMILES string of the molecule is CCSCCCn1cc(CCCO)nn1. The summed E-state index contributed by atoms with van der Waals surface area (Å²) in [4.78, 5) is 0. The number of aryl methyl sites for hydroxylation is 2. The maximum absolute atomic E-state index is 8.68. The molecule has 0 aliphatic heterocycles.